The first-order valence-corrected chi connectivity index (χ1v) is 13.6. The molecule has 5 aromatic rings. The van der Waals surface area contributed by atoms with Gasteiger partial charge in [0.1, 0.15) is 10.6 Å². The molecule has 0 aliphatic heterocycles. The predicted octanol–water partition coefficient (Wildman–Crippen LogP) is 5.20. The van der Waals surface area contributed by atoms with E-state index in [1.165, 1.54) is 16.6 Å². The number of hydrogen-bond donors (Lipinski definition) is 0. The van der Waals surface area contributed by atoms with Gasteiger partial charge < -0.3 is 4.74 Å². The molecule has 7 nitrogen and oxygen atoms in total. The molecule has 9 heteroatoms. The van der Waals surface area contributed by atoms with E-state index in [2.05, 4.69) is 17.1 Å². The summed E-state index contributed by atoms with van der Waals surface area (Å²) in [6.45, 7) is 2.26. The average Bonchev–Trinajstić information content (AvgIpc) is 3.49. The highest BCUT2D eigenvalue weighted by atomic mass is 32.2. The average molecular weight is 517 g/mol. The number of carbonyl (C=O) groups is 1. The van der Waals surface area contributed by atoms with Gasteiger partial charge in [0.05, 0.1) is 23.9 Å². The van der Waals surface area contributed by atoms with Gasteiger partial charge in [-0.2, -0.15) is 0 Å². The normalized spacial score (nSPS) is 15.3. The quantitative estimate of drug-likeness (QED) is 0.228. The van der Waals surface area contributed by atoms with E-state index in [0.29, 0.717) is 28.2 Å². The molecule has 1 atom stereocenters. The molecule has 1 aliphatic rings. The maximum atomic E-state index is 13.9. The van der Waals surface area contributed by atoms with Crippen molar-refractivity contribution in [3.05, 3.63) is 81.0 Å². The zero-order valence-corrected chi connectivity index (χ0v) is 21.6. The summed E-state index contributed by atoms with van der Waals surface area (Å²) in [5, 5.41) is 10.2. The van der Waals surface area contributed by atoms with E-state index < -0.39 is 0 Å². The highest BCUT2D eigenvalue weighted by molar-refractivity contribution is 7.99. The molecule has 0 fully saturated rings. The lowest BCUT2D eigenvalue weighted by Crippen LogP contribution is -2.22. The summed E-state index contributed by atoms with van der Waals surface area (Å²) < 4.78 is 8.80. The first-order valence-electron chi connectivity index (χ1n) is 11.8. The summed E-state index contributed by atoms with van der Waals surface area (Å²) >= 11 is 3.00. The van der Waals surface area contributed by atoms with Gasteiger partial charge >= 0.3 is 0 Å². The maximum absolute atomic E-state index is 13.9. The van der Waals surface area contributed by atoms with Crippen LogP contribution in [0.25, 0.3) is 21.7 Å². The number of thiophene rings is 1. The van der Waals surface area contributed by atoms with Crippen molar-refractivity contribution in [3.8, 4) is 11.4 Å². The number of para-hydroxylation sites is 1. The summed E-state index contributed by atoms with van der Waals surface area (Å²) in [6, 6.07) is 16.7. The maximum Gasteiger partial charge on any atom is 0.268 e. The lowest BCUT2D eigenvalue weighted by molar-refractivity contribution is 0.102. The number of Topliss-reactive ketones (excluding diaryl/α,β-unsaturated/α-hetero) is 1. The second kappa shape index (κ2) is 9.22. The highest BCUT2D eigenvalue weighted by Gasteiger charge is 2.27. The molecular weight excluding hydrogens is 492 g/mol. The van der Waals surface area contributed by atoms with Crippen LogP contribution in [0.4, 0.5) is 0 Å². The Morgan fingerprint density at radius 3 is 2.67 bits per heavy atom. The number of ketones is 1. The molecule has 0 N–H and O–H groups in total. The minimum absolute atomic E-state index is 0.00803. The van der Waals surface area contributed by atoms with Crippen molar-refractivity contribution in [2.45, 2.75) is 31.3 Å². The van der Waals surface area contributed by atoms with Crippen LogP contribution < -0.4 is 10.3 Å². The van der Waals surface area contributed by atoms with Crippen molar-refractivity contribution in [2.75, 3.05) is 12.9 Å². The van der Waals surface area contributed by atoms with Crippen molar-refractivity contribution in [3.63, 3.8) is 0 Å². The number of carbonyl (C=O) groups excluding carboxylic acids is 1. The van der Waals surface area contributed by atoms with E-state index in [9.17, 15) is 9.59 Å². The number of nitrogens with zero attached hydrogens (tertiary/aromatic N) is 4. The number of thioether (sulfide) groups is 1. The number of aromatic nitrogens is 4. The van der Waals surface area contributed by atoms with Crippen LogP contribution >= 0.6 is 23.1 Å². The van der Waals surface area contributed by atoms with Crippen molar-refractivity contribution in [2.24, 2.45) is 5.92 Å². The number of ether oxygens (including phenoxy) is 1. The Balaban J connectivity index is 1.48. The zero-order chi connectivity index (χ0) is 24.8. The van der Waals surface area contributed by atoms with E-state index in [-0.39, 0.29) is 17.1 Å². The lowest BCUT2D eigenvalue weighted by atomic mass is 9.89. The van der Waals surface area contributed by atoms with Gasteiger partial charge in [0, 0.05) is 10.4 Å². The van der Waals surface area contributed by atoms with E-state index >= 15 is 0 Å². The Kier molecular flexibility index (Phi) is 5.89. The molecule has 0 spiro atoms. The lowest BCUT2D eigenvalue weighted by Gasteiger charge is -2.17. The van der Waals surface area contributed by atoms with Crippen LogP contribution in [0, 0.1) is 5.92 Å². The van der Waals surface area contributed by atoms with E-state index in [4.69, 9.17) is 4.74 Å². The molecule has 0 amide bonds. The van der Waals surface area contributed by atoms with Crippen LogP contribution in [0.2, 0.25) is 0 Å². The monoisotopic (exact) mass is 516 g/mol. The van der Waals surface area contributed by atoms with Gasteiger partial charge in [0.25, 0.3) is 5.56 Å². The van der Waals surface area contributed by atoms with Gasteiger partial charge in [0.2, 0.25) is 5.78 Å². The van der Waals surface area contributed by atoms with Crippen LogP contribution in [0.1, 0.15) is 34.1 Å². The predicted molar refractivity (Wildman–Crippen MR) is 143 cm³/mol. The van der Waals surface area contributed by atoms with Crippen molar-refractivity contribution in [1.29, 1.82) is 0 Å². The minimum Gasteiger partial charge on any atom is -0.497 e. The van der Waals surface area contributed by atoms with Crippen molar-refractivity contribution >= 4 is 44.9 Å². The molecule has 182 valence electrons. The molecule has 0 unspecified atom stereocenters. The first-order chi connectivity index (χ1) is 17.5. The fourth-order valence-electron chi connectivity index (χ4n) is 4.80. The highest BCUT2D eigenvalue weighted by Crippen LogP contribution is 2.38. The van der Waals surface area contributed by atoms with Gasteiger partial charge in [-0.3, -0.25) is 9.59 Å². The number of hydrogen-bond acceptors (Lipinski definition) is 7. The minimum atomic E-state index is -0.0611. The van der Waals surface area contributed by atoms with Crippen LogP contribution in [0.5, 0.6) is 5.75 Å². The summed E-state index contributed by atoms with van der Waals surface area (Å²) in [7, 11) is 1.60. The summed E-state index contributed by atoms with van der Waals surface area (Å²) in [5.74, 6) is 1.96. The number of rotatable bonds is 6. The van der Waals surface area contributed by atoms with Crippen LogP contribution in [0.3, 0.4) is 0 Å². The fraction of sp³-hybridized carbons (Fsp3) is 0.259. The number of fused-ring (bicyclic) bond motifs is 5. The Morgan fingerprint density at radius 1 is 1.14 bits per heavy atom. The van der Waals surface area contributed by atoms with Gasteiger partial charge in [0.15, 0.2) is 10.9 Å². The molecule has 6 rings (SSSR count). The van der Waals surface area contributed by atoms with Crippen LogP contribution in [-0.2, 0) is 12.8 Å². The van der Waals surface area contributed by atoms with Gasteiger partial charge in [-0.15, -0.1) is 21.5 Å². The molecule has 3 aromatic heterocycles. The third-order valence-electron chi connectivity index (χ3n) is 6.69. The first kappa shape index (κ1) is 23.0. The van der Waals surface area contributed by atoms with Crippen LogP contribution in [-0.4, -0.2) is 37.8 Å². The largest absolute Gasteiger partial charge is 0.497 e. The molecule has 3 heterocycles. The van der Waals surface area contributed by atoms with E-state index in [0.717, 1.165) is 40.7 Å². The third kappa shape index (κ3) is 3.83. The fourth-order valence-corrected chi connectivity index (χ4v) is 7.18. The Hall–Kier alpha value is -3.43. The molecule has 0 bridgehead atoms. The Labute approximate surface area is 215 Å². The standard InChI is InChI=1S/C27H24N4O3S2/c1-16-8-13-20-22(14-16)36-25-23(20)24(33)30(18-6-4-3-5-7-18)26-28-29-27(31(25)26)35-15-21(32)17-9-11-19(34-2)12-10-17/h3-7,9-12,16H,8,13-15H2,1-2H3/t16-/m0/s1. The third-order valence-corrected chi connectivity index (χ3v) is 8.86. The second-order valence-electron chi connectivity index (χ2n) is 9.07. The van der Waals surface area contributed by atoms with Gasteiger partial charge in [-0.1, -0.05) is 36.9 Å². The molecule has 0 radical (unpaired) electrons. The van der Waals surface area contributed by atoms with Crippen molar-refractivity contribution < 1.29 is 9.53 Å². The summed E-state index contributed by atoms with van der Waals surface area (Å²) in [6.07, 6.45) is 2.94. The number of benzene rings is 2. The molecule has 36 heavy (non-hydrogen) atoms. The molecule has 2 aromatic carbocycles. The Bertz CT molecular complexity index is 1650. The topological polar surface area (TPSA) is 78.5 Å². The SMILES string of the molecule is COc1ccc(C(=O)CSc2nnc3n(-c4ccccc4)c(=O)c4c5c(sc4n23)C[C@@H](C)CC5)cc1. The Morgan fingerprint density at radius 2 is 1.92 bits per heavy atom. The van der Waals surface area contributed by atoms with Crippen LogP contribution in [0.15, 0.2) is 64.5 Å². The van der Waals surface area contributed by atoms with Gasteiger partial charge in [-0.05, 0) is 67.1 Å². The molecule has 0 saturated heterocycles. The molecular formula is C27H24N4O3S2. The molecule has 1 aliphatic carbocycles. The van der Waals surface area contributed by atoms with E-state index in [1.54, 1.807) is 47.3 Å². The number of methoxy groups -OCH3 is 1. The number of aryl methyl sites for hydroxylation is 1. The van der Waals surface area contributed by atoms with Gasteiger partial charge in [-0.25, -0.2) is 8.97 Å². The second-order valence-corrected chi connectivity index (χ2v) is 11.1. The smallest absolute Gasteiger partial charge is 0.268 e. The van der Waals surface area contributed by atoms with E-state index in [1.807, 2.05) is 34.7 Å². The summed E-state index contributed by atoms with van der Waals surface area (Å²) in [4.78, 5) is 28.9. The molecule has 0 saturated carbocycles. The zero-order valence-electron chi connectivity index (χ0n) is 19.9. The summed E-state index contributed by atoms with van der Waals surface area (Å²) in [5.41, 5.74) is 2.46. The van der Waals surface area contributed by atoms with Crippen molar-refractivity contribution in [1.82, 2.24) is 19.2 Å².